The molecule has 0 aliphatic heterocycles. The molecule has 0 spiro atoms. The van der Waals surface area contributed by atoms with Crippen molar-refractivity contribution in [2.45, 2.75) is 18.5 Å². The summed E-state index contributed by atoms with van der Waals surface area (Å²) in [5, 5.41) is 4.22. The zero-order valence-corrected chi connectivity index (χ0v) is 12.6. The third-order valence-electron chi connectivity index (χ3n) is 3.52. The van der Waals surface area contributed by atoms with E-state index >= 15 is 0 Å². The lowest BCUT2D eigenvalue weighted by atomic mass is 10.1. The molecule has 2 unspecified atom stereocenters. The van der Waals surface area contributed by atoms with E-state index in [9.17, 15) is 0 Å². The summed E-state index contributed by atoms with van der Waals surface area (Å²) in [6.45, 7) is 0. The Bertz CT molecular complexity index is 615. The molecule has 2 aromatic rings. The van der Waals surface area contributed by atoms with Gasteiger partial charge in [-0.25, -0.2) is 0 Å². The van der Waals surface area contributed by atoms with Gasteiger partial charge in [0.05, 0.1) is 11.1 Å². The maximum Gasteiger partial charge on any atom is 0.0568 e. The number of rotatable bonds is 2. The van der Waals surface area contributed by atoms with Crippen molar-refractivity contribution in [3.8, 4) is 0 Å². The minimum atomic E-state index is 0.111. The van der Waals surface area contributed by atoms with E-state index in [2.05, 4.69) is 39.4 Å². The van der Waals surface area contributed by atoms with Crippen LogP contribution in [0.4, 0.5) is 5.69 Å². The van der Waals surface area contributed by atoms with Crippen molar-refractivity contribution in [2.75, 3.05) is 5.32 Å². The second-order valence-corrected chi connectivity index (χ2v) is 6.06. The van der Waals surface area contributed by atoms with Crippen LogP contribution in [0.5, 0.6) is 0 Å². The molecule has 0 heterocycles. The summed E-state index contributed by atoms with van der Waals surface area (Å²) in [6.07, 6.45) is 0.910. The maximum absolute atomic E-state index is 6.17. The first-order valence-corrected chi connectivity index (χ1v) is 7.38. The van der Waals surface area contributed by atoms with Crippen LogP contribution in [0.2, 0.25) is 5.02 Å². The SMILES string of the molecule is NC1CC(Nc2ccc(Br)c(Cl)c2)c2ccccc21. The molecule has 1 aliphatic rings. The molecule has 0 radical (unpaired) electrons. The van der Waals surface area contributed by atoms with Crippen LogP contribution in [0, 0.1) is 0 Å². The quantitative estimate of drug-likeness (QED) is 0.836. The number of anilines is 1. The Kier molecular flexibility index (Phi) is 3.52. The highest BCUT2D eigenvalue weighted by Gasteiger charge is 2.27. The fraction of sp³-hybridized carbons (Fsp3) is 0.200. The summed E-state index contributed by atoms with van der Waals surface area (Å²) >= 11 is 9.51. The van der Waals surface area contributed by atoms with Crippen LogP contribution in [0.15, 0.2) is 46.9 Å². The molecule has 0 aromatic heterocycles. The van der Waals surface area contributed by atoms with Crippen LogP contribution >= 0.6 is 27.5 Å². The summed E-state index contributed by atoms with van der Waals surface area (Å²) in [6, 6.07) is 14.6. The lowest BCUT2D eigenvalue weighted by Crippen LogP contribution is -2.09. The van der Waals surface area contributed by atoms with E-state index in [0.717, 1.165) is 16.6 Å². The van der Waals surface area contributed by atoms with Gasteiger partial charge < -0.3 is 11.1 Å². The fourth-order valence-electron chi connectivity index (χ4n) is 2.60. The highest BCUT2D eigenvalue weighted by molar-refractivity contribution is 9.10. The van der Waals surface area contributed by atoms with Crippen LogP contribution in [-0.2, 0) is 0 Å². The summed E-state index contributed by atoms with van der Waals surface area (Å²) in [4.78, 5) is 0. The topological polar surface area (TPSA) is 38.0 Å². The minimum Gasteiger partial charge on any atom is -0.378 e. The average Bonchev–Trinajstić information content (AvgIpc) is 2.72. The van der Waals surface area contributed by atoms with Crippen LogP contribution < -0.4 is 11.1 Å². The highest BCUT2D eigenvalue weighted by atomic mass is 79.9. The number of benzene rings is 2. The smallest absolute Gasteiger partial charge is 0.0568 e. The van der Waals surface area contributed by atoms with Crippen LogP contribution in [0.3, 0.4) is 0 Å². The van der Waals surface area contributed by atoms with Gasteiger partial charge in [-0.2, -0.15) is 0 Å². The Morgan fingerprint density at radius 1 is 1.16 bits per heavy atom. The molecule has 4 heteroatoms. The van der Waals surface area contributed by atoms with Gasteiger partial charge in [-0.1, -0.05) is 35.9 Å². The van der Waals surface area contributed by atoms with E-state index in [1.165, 1.54) is 11.1 Å². The van der Waals surface area contributed by atoms with Crippen molar-refractivity contribution >= 4 is 33.2 Å². The zero-order chi connectivity index (χ0) is 13.4. The Labute approximate surface area is 126 Å². The highest BCUT2D eigenvalue weighted by Crippen LogP contribution is 2.39. The molecule has 0 bridgehead atoms. The molecule has 3 N–H and O–H groups in total. The molecule has 3 rings (SSSR count). The number of hydrogen-bond acceptors (Lipinski definition) is 2. The number of nitrogens with two attached hydrogens (primary N) is 1. The average molecular weight is 338 g/mol. The zero-order valence-electron chi connectivity index (χ0n) is 10.2. The van der Waals surface area contributed by atoms with Gasteiger partial charge in [0.2, 0.25) is 0 Å². The van der Waals surface area contributed by atoms with Crippen LogP contribution in [0.25, 0.3) is 0 Å². The van der Waals surface area contributed by atoms with Gasteiger partial charge in [-0.15, -0.1) is 0 Å². The largest absolute Gasteiger partial charge is 0.378 e. The summed E-state index contributed by atoms with van der Waals surface area (Å²) < 4.78 is 0.906. The van der Waals surface area contributed by atoms with Gasteiger partial charge in [0.25, 0.3) is 0 Å². The lowest BCUT2D eigenvalue weighted by Gasteiger charge is -2.16. The van der Waals surface area contributed by atoms with Gasteiger partial charge in [-0.05, 0) is 51.7 Å². The summed E-state index contributed by atoms with van der Waals surface area (Å²) in [7, 11) is 0. The van der Waals surface area contributed by atoms with E-state index < -0.39 is 0 Å². The van der Waals surface area contributed by atoms with Gasteiger partial charge >= 0.3 is 0 Å². The standard InChI is InChI=1S/C15H14BrClN2/c16-12-6-5-9(7-13(12)17)19-15-8-14(18)10-3-1-2-4-11(10)15/h1-7,14-15,19H,8,18H2. The molecular weight excluding hydrogens is 324 g/mol. The Hall–Kier alpha value is -1.03. The predicted octanol–water partition coefficient (Wildman–Crippen LogP) is 4.66. The molecule has 1 aliphatic carbocycles. The first kappa shape index (κ1) is 13.0. The molecule has 19 heavy (non-hydrogen) atoms. The molecule has 0 fully saturated rings. The van der Waals surface area contributed by atoms with Crippen LogP contribution in [0.1, 0.15) is 29.6 Å². The number of fused-ring (bicyclic) bond motifs is 1. The van der Waals surface area contributed by atoms with Gasteiger partial charge in [0.1, 0.15) is 0 Å². The van der Waals surface area contributed by atoms with E-state index in [1.807, 2.05) is 24.3 Å². The van der Waals surface area contributed by atoms with Gasteiger partial charge in [-0.3, -0.25) is 0 Å². The number of halogens is 2. The third kappa shape index (κ3) is 2.50. The minimum absolute atomic E-state index is 0.111. The first-order valence-electron chi connectivity index (χ1n) is 6.21. The molecule has 0 saturated heterocycles. The van der Waals surface area contributed by atoms with E-state index in [1.54, 1.807) is 0 Å². The van der Waals surface area contributed by atoms with Crippen molar-refractivity contribution in [1.82, 2.24) is 0 Å². The van der Waals surface area contributed by atoms with E-state index in [4.69, 9.17) is 17.3 Å². The lowest BCUT2D eigenvalue weighted by molar-refractivity contribution is 0.648. The van der Waals surface area contributed by atoms with Gasteiger partial charge in [0, 0.05) is 16.2 Å². The van der Waals surface area contributed by atoms with E-state index in [-0.39, 0.29) is 12.1 Å². The molecule has 2 aromatic carbocycles. The fourth-order valence-corrected chi connectivity index (χ4v) is 3.02. The molecule has 0 saturated carbocycles. The third-order valence-corrected chi connectivity index (χ3v) is 4.75. The van der Waals surface area contributed by atoms with Crippen molar-refractivity contribution in [2.24, 2.45) is 5.73 Å². The molecule has 0 amide bonds. The monoisotopic (exact) mass is 336 g/mol. The number of hydrogen-bond donors (Lipinski definition) is 2. The Morgan fingerprint density at radius 3 is 2.63 bits per heavy atom. The van der Waals surface area contributed by atoms with Crippen molar-refractivity contribution in [1.29, 1.82) is 0 Å². The van der Waals surface area contributed by atoms with Crippen molar-refractivity contribution in [3.05, 3.63) is 63.1 Å². The molecule has 2 atom stereocenters. The normalized spacial score (nSPS) is 21.2. The molecule has 2 nitrogen and oxygen atoms in total. The molecule has 98 valence electrons. The summed E-state index contributed by atoms with van der Waals surface area (Å²) in [5.41, 5.74) is 9.71. The number of nitrogens with one attached hydrogen (secondary N) is 1. The van der Waals surface area contributed by atoms with E-state index in [0.29, 0.717) is 5.02 Å². The maximum atomic E-state index is 6.17. The van der Waals surface area contributed by atoms with Crippen LogP contribution in [-0.4, -0.2) is 0 Å². The van der Waals surface area contributed by atoms with Crippen molar-refractivity contribution < 1.29 is 0 Å². The second-order valence-electron chi connectivity index (χ2n) is 4.80. The second kappa shape index (κ2) is 5.16. The van der Waals surface area contributed by atoms with Crippen molar-refractivity contribution in [3.63, 3.8) is 0 Å². The first-order chi connectivity index (χ1) is 9.15. The summed E-state index contributed by atoms with van der Waals surface area (Å²) in [5.74, 6) is 0. The van der Waals surface area contributed by atoms with Gasteiger partial charge in [0.15, 0.2) is 0 Å². The Balaban J connectivity index is 1.87. The molecular formula is C15H14BrClN2. The Morgan fingerprint density at radius 2 is 1.89 bits per heavy atom. The predicted molar refractivity (Wildman–Crippen MR) is 83.5 cm³/mol.